The molecule has 0 atom stereocenters. The van der Waals surface area contributed by atoms with Crippen LogP contribution in [-0.2, 0) is 6.54 Å². The Morgan fingerprint density at radius 3 is 2.48 bits per heavy atom. The molecule has 0 unspecified atom stereocenters. The van der Waals surface area contributed by atoms with Crippen LogP contribution < -0.4 is 19.7 Å². The van der Waals surface area contributed by atoms with Gasteiger partial charge < -0.3 is 24.6 Å². The maximum atomic E-state index is 5.49. The second-order valence-electron chi connectivity index (χ2n) is 6.26. The van der Waals surface area contributed by atoms with Crippen molar-refractivity contribution in [2.75, 3.05) is 52.3 Å². The van der Waals surface area contributed by atoms with E-state index in [0.717, 1.165) is 49.1 Å². The molecule has 0 radical (unpaired) electrons. The van der Waals surface area contributed by atoms with E-state index in [1.807, 2.05) is 43.6 Å². The molecule has 1 N–H and O–H groups in total. The van der Waals surface area contributed by atoms with Gasteiger partial charge in [-0.15, -0.1) is 0 Å². The molecule has 1 aliphatic rings. The highest BCUT2D eigenvalue weighted by molar-refractivity contribution is 5.80. The van der Waals surface area contributed by atoms with E-state index in [9.17, 15) is 0 Å². The van der Waals surface area contributed by atoms with E-state index in [1.54, 1.807) is 14.2 Å². The second-order valence-corrected chi connectivity index (χ2v) is 6.26. The van der Waals surface area contributed by atoms with Gasteiger partial charge in [0.1, 0.15) is 5.75 Å². The minimum atomic E-state index is 0.621. The SMILES string of the molecule is CN=C(NCc1ccc(OC)nc1)N1CCN(c2ccccc2OC)CC1. The minimum absolute atomic E-state index is 0.621. The number of rotatable bonds is 5. The van der Waals surface area contributed by atoms with Crippen LogP contribution in [0.2, 0.25) is 0 Å². The summed E-state index contributed by atoms with van der Waals surface area (Å²) in [6.07, 6.45) is 1.82. The lowest BCUT2D eigenvalue weighted by Crippen LogP contribution is -2.52. The van der Waals surface area contributed by atoms with Crippen molar-refractivity contribution >= 4 is 11.6 Å². The third-order valence-electron chi connectivity index (χ3n) is 4.67. The highest BCUT2D eigenvalue weighted by Crippen LogP contribution is 2.28. The Balaban J connectivity index is 1.55. The molecule has 1 aromatic carbocycles. The van der Waals surface area contributed by atoms with E-state index in [4.69, 9.17) is 9.47 Å². The molecule has 0 amide bonds. The average molecular weight is 369 g/mol. The predicted octanol–water partition coefficient (Wildman–Crippen LogP) is 2.00. The monoisotopic (exact) mass is 369 g/mol. The number of guanidine groups is 1. The molecule has 0 saturated carbocycles. The number of ether oxygens (including phenoxy) is 2. The first-order valence-electron chi connectivity index (χ1n) is 9.07. The lowest BCUT2D eigenvalue weighted by molar-refractivity contribution is 0.367. The third kappa shape index (κ3) is 4.61. The molecule has 144 valence electrons. The van der Waals surface area contributed by atoms with Crippen LogP contribution >= 0.6 is 0 Å². The van der Waals surface area contributed by atoms with Crippen LogP contribution in [0.3, 0.4) is 0 Å². The zero-order chi connectivity index (χ0) is 19.1. The van der Waals surface area contributed by atoms with Crippen LogP contribution in [0.1, 0.15) is 5.56 Å². The molecular weight excluding hydrogens is 342 g/mol. The van der Waals surface area contributed by atoms with E-state index < -0.39 is 0 Å². The number of methoxy groups -OCH3 is 2. The van der Waals surface area contributed by atoms with Crippen molar-refractivity contribution in [1.29, 1.82) is 0 Å². The molecule has 3 rings (SSSR count). The van der Waals surface area contributed by atoms with E-state index in [-0.39, 0.29) is 0 Å². The van der Waals surface area contributed by atoms with Gasteiger partial charge >= 0.3 is 0 Å². The molecule has 2 aromatic rings. The van der Waals surface area contributed by atoms with Crippen LogP contribution in [0.4, 0.5) is 5.69 Å². The molecule has 1 saturated heterocycles. The van der Waals surface area contributed by atoms with Crippen molar-refractivity contribution in [1.82, 2.24) is 15.2 Å². The number of pyridine rings is 1. The van der Waals surface area contributed by atoms with Gasteiger partial charge in [-0.25, -0.2) is 4.98 Å². The summed E-state index contributed by atoms with van der Waals surface area (Å²) in [6.45, 7) is 4.32. The molecule has 27 heavy (non-hydrogen) atoms. The molecule has 2 heterocycles. The van der Waals surface area contributed by atoms with Crippen molar-refractivity contribution in [2.24, 2.45) is 4.99 Å². The molecule has 7 heteroatoms. The van der Waals surface area contributed by atoms with Crippen LogP contribution in [0.25, 0.3) is 0 Å². The Hall–Kier alpha value is -2.96. The standard InChI is InChI=1S/C20H27N5O2/c1-21-20(23-15-16-8-9-19(27-3)22-14-16)25-12-10-24(11-13-25)17-6-4-5-7-18(17)26-2/h4-9,14H,10-13,15H2,1-3H3,(H,21,23). The summed E-state index contributed by atoms with van der Waals surface area (Å²) < 4.78 is 10.6. The Kier molecular flexibility index (Phi) is 6.35. The fourth-order valence-corrected chi connectivity index (χ4v) is 3.20. The first kappa shape index (κ1) is 18.8. The highest BCUT2D eigenvalue weighted by atomic mass is 16.5. The van der Waals surface area contributed by atoms with E-state index in [1.165, 1.54) is 0 Å². The van der Waals surface area contributed by atoms with Crippen molar-refractivity contribution in [2.45, 2.75) is 6.54 Å². The van der Waals surface area contributed by atoms with E-state index in [2.05, 4.69) is 31.2 Å². The maximum absolute atomic E-state index is 5.49. The first-order valence-corrected chi connectivity index (χ1v) is 9.07. The molecule has 1 aromatic heterocycles. The number of hydrogen-bond donors (Lipinski definition) is 1. The van der Waals surface area contributed by atoms with E-state index in [0.29, 0.717) is 12.4 Å². The first-order chi connectivity index (χ1) is 13.2. The molecular formula is C20H27N5O2. The number of hydrogen-bond acceptors (Lipinski definition) is 5. The van der Waals surface area contributed by atoms with Crippen molar-refractivity contribution < 1.29 is 9.47 Å². The molecule has 1 aliphatic heterocycles. The van der Waals surface area contributed by atoms with Crippen LogP contribution in [-0.4, -0.2) is 63.3 Å². The summed E-state index contributed by atoms with van der Waals surface area (Å²) in [4.78, 5) is 13.3. The van der Waals surface area contributed by atoms with Crippen LogP contribution in [0.5, 0.6) is 11.6 Å². The Labute approximate surface area is 160 Å². The van der Waals surface area contributed by atoms with Gasteiger partial charge in [-0.2, -0.15) is 0 Å². The minimum Gasteiger partial charge on any atom is -0.495 e. The van der Waals surface area contributed by atoms with Gasteiger partial charge in [-0.3, -0.25) is 4.99 Å². The summed E-state index contributed by atoms with van der Waals surface area (Å²) in [5.74, 6) is 2.45. The largest absolute Gasteiger partial charge is 0.495 e. The van der Waals surface area contributed by atoms with E-state index >= 15 is 0 Å². The zero-order valence-electron chi connectivity index (χ0n) is 16.2. The number of para-hydroxylation sites is 2. The molecule has 0 bridgehead atoms. The normalized spacial score (nSPS) is 14.9. The summed E-state index contributed by atoms with van der Waals surface area (Å²) in [5, 5.41) is 3.42. The molecule has 0 spiro atoms. The maximum Gasteiger partial charge on any atom is 0.212 e. The average Bonchev–Trinajstić information content (AvgIpc) is 2.75. The number of piperazine rings is 1. The number of anilines is 1. The zero-order valence-corrected chi connectivity index (χ0v) is 16.2. The van der Waals surface area contributed by atoms with Crippen LogP contribution in [0, 0.1) is 0 Å². The summed E-state index contributed by atoms with van der Waals surface area (Å²) >= 11 is 0. The Bertz CT molecular complexity index is 755. The van der Waals surface area contributed by atoms with Gasteiger partial charge in [0.2, 0.25) is 5.88 Å². The summed E-state index contributed by atoms with van der Waals surface area (Å²) in [7, 11) is 5.16. The number of benzene rings is 1. The van der Waals surface area contributed by atoms with Gasteiger partial charge in [-0.05, 0) is 17.7 Å². The quantitative estimate of drug-likeness (QED) is 0.643. The Morgan fingerprint density at radius 2 is 1.85 bits per heavy atom. The van der Waals surface area contributed by atoms with Gasteiger partial charge in [-0.1, -0.05) is 18.2 Å². The van der Waals surface area contributed by atoms with Crippen molar-refractivity contribution in [3.8, 4) is 11.6 Å². The number of nitrogens with zero attached hydrogens (tertiary/aromatic N) is 4. The summed E-state index contributed by atoms with van der Waals surface area (Å²) in [6, 6.07) is 12.0. The number of nitrogens with one attached hydrogen (secondary N) is 1. The lowest BCUT2D eigenvalue weighted by Gasteiger charge is -2.38. The topological polar surface area (TPSA) is 62.2 Å². The van der Waals surface area contributed by atoms with Gasteiger partial charge in [0, 0.05) is 52.0 Å². The Morgan fingerprint density at radius 1 is 1.07 bits per heavy atom. The molecule has 1 fully saturated rings. The smallest absolute Gasteiger partial charge is 0.212 e. The van der Waals surface area contributed by atoms with Crippen molar-refractivity contribution in [3.63, 3.8) is 0 Å². The number of aliphatic imine (C=N–C) groups is 1. The third-order valence-corrected chi connectivity index (χ3v) is 4.67. The molecule has 0 aliphatic carbocycles. The van der Waals surface area contributed by atoms with Gasteiger partial charge in [0.05, 0.1) is 19.9 Å². The number of aromatic nitrogens is 1. The lowest BCUT2D eigenvalue weighted by atomic mass is 10.2. The van der Waals surface area contributed by atoms with Crippen LogP contribution in [0.15, 0.2) is 47.6 Å². The van der Waals surface area contributed by atoms with Gasteiger partial charge in [0.25, 0.3) is 0 Å². The van der Waals surface area contributed by atoms with Gasteiger partial charge in [0.15, 0.2) is 5.96 Å². The fraction of sp³-hybridized carbons (Fsp3) is 0.400. The molecule has 7 nitrogen and oxygen atoms in total. The second kappa shape index (κ2) is 9.12. The van der Waals surface area contributed by atoms with Crippen molar-refractivity contribution in [3.05, 3.63) is 48.2 Å². The predicted molar refractivity (Wildman–Crippen MR) is 108 cm³/mol. The highest BCUT2D eigenvalue weighted by Gasteiger charge is 2.21. The summed E-state index contributed by atoms with van der Waals surface area (Å²) in [5.41, 5.74) is 2.23. The fourth-order valence-electron chi connectivity index (χ4n) is 3.20.